The van der Waals surface area contributed by atoms with Gasteiger partial charge in [0.05, 0.1) is 11.6 Å². The van der Waals surface area contributed by atoms with E-state index < -0.39 is 0 Å². The van der Waals surface area contributed by atoms with Crippen molar-refractivity contribution < 1.29 is 4.79 Å². The van der Waals surface area contributed by atoms with E-state index >= 15 is 0 Å². The van der Waals surface area contributed by atoms with Gasteiger partial charge in [0, 0.05) is 33.9 Å². The zero-order chi connectivity index (χ0) is 15.0. The summed E-state index contributed by atoms with van der Waals surface area (Å²) in [6.07, 6.45) is 1.67. The third kappa shape index (κ3) is 2.26. The van der Waals surface area contributed by atoms with Crippen molar-refractivity contribution in [1.82, 2.24) is 4.98 Å². The van der Waals surface area contributed by atoms with Gasteiger partial charge in [-0.2, -0.15) is 5.26 Å². The molecule has 0 fully saturated rings. The van der Waals surface area contributed by atoms with Gasteiger partial charge < -0.3 is 10.7 Å². The predicted octanol–water partition coefficient (Wildman–Crippen LogP) is 3.16. The Kier molecular flexibility index (Phi) is 2.96. The van der Waals surface area contributed by atoms with E-state index in [1.807, 2.05) is 19.1 Å². The largest absolute Gasteiger partial charge is 0.399 e. The molecule has 4 heteroatoms. The topological polar surface area (TPSA) is 82.7 Å². The van der Waals surface area contributed by atoms with Crippen molar-refractivity contribution in [3.8, 4) is 6.07 Å². The highest BCUT2D eigenvalue weighted by molar-refractivity contribution is 6.16. The normalized spacial score (nSPS) is 10.5. The van der Waals surface area contributed by atoms with E-state index in [9.17, 15) is 4.79 Å². The second-order valence-corrected chi connectivity index (χ2v) is 5.04. The first-order valence-electron chi connectivity index (χ1n) is 6.51. The van der Waals surface area contributed by atoms with Crippen LogP contribution in [0.4, 0.5) is 5.69 Å². The molecule has 0 saturated heterocycles. The molecule has 0 aliphatic rings. The lowest BCUT2D eigenvalue weighted by Gasteiger charge is -2.03. The number of ketones is 1. The minimum absolute atomic E-state index is 0.0821. The number of hydrogen-bond donors (Lipinski definition) is 2. The van der Waals surface area contributed by atoms with Gasteiger partial charge in [0.25, 0.3) is 0 Å². The maximum absolute atomic E-state index is 12.6. The molecule has 1 heterocycles. The fourth-order valence-electron chi connectivity index (χ4n) is 2.48. The lowest BCUT2D eigenvalue weighted by molar-refractivity contribution is 0.104. The predicted molar refractivity (Wildman–Crippen MR) is 82.0 cm³/mol. The van der Waals surface area contributed by atoms with Crippen LogP contribution in [0, 0.1) is 18.3 Å². The van der Waals surface area contributed by atoms with Crippen LogP contribution in [-0.2, 0) is 0 Å². The minimum Gasteiger partial charge on any atom is -0.399 e. The highest BCUT2D eigenvalue weighted by atomic mass is 16.1. The van der Waals surface area contributed by atoms with Crippen LogP contribution in [-0.4, -0.2) is 10.8 Å². The van der Waals surface area contributed by atoms with Crippen molar-refractivity contribution in [2.45, 2.75) is 6.92 Å². The third-order valence-corrected chi connectivity index (χ3v) is 3.42. The van der Waals surface area contributed by atoms with Crippen molar-refractivity contribution in [3.63, 3.8) is 0 Å². The fourth-order valence-corrected chi connectivity index (χ4v) is 2.48. The quantitative estimate of drug-likeness (QED) is 0.556. The van der Waals surface area contributed by atoms with Crippen LogP contribution in [0.1, 0.15) is 27.0 Å². The van der Waals surface area contributed by atoms with Gasteiger partial charge in [-0.15, -0.1) is 0 Å². The number of aryl methyl sites for hydroxylation is 1. The number of nitrogens with two attached hydrogens (primary N) is 1. The number of nitriles is 1. The van der Waals surface area contributed by atoms with Crippen molar-refractivity contribution in [2.24, 2.45) is 0 Å². The average molecular weight is 275 g/mol. The number of carbonyl (C=O) groups excluding carboxylic acids is 1. The maximum atomic E-state index is 12.6. The molecule has 0 spiro atoms. The van der Waals surface area contributed by atoms with Gasteiger partial charge in [0.2, 0.25) is 0 Å². The summed E-state index contributed by atoms with van der Waals surface area (Å²) in [5.41, 5.74) is 9.81. The Labute approximate surface area is 121 Å². The smallest absolute Gasteiger partial charge is 0.195 e. The number of aromatic amines is 1. The number of nitrogens with one attached hydrogen (secondary N) is 1. The van der Waals surface area contributed by atoms with E-state index in [2.05, 4.69) is 11.1 Å². The van der Waals surface area contributed by atoms with Gasteiger partial charge in [-0.3, -0.25) is 4.79 Å². The highest BCUT2D eigenvalue weighted by Gasteiger charge is 2.15. The van der Waals surface area contributed by atoms with E-state index in [0.29, 0.717) is 22.4 Å². The second kappa shape index (κ2) is 4.80. The lowest BCUT2D eigenvalue weighted by atomic mass is 10.00. The van der Waals surface area contributed by atoms with Gasteiger partial charge in [0.1, 0.15) is 0 Å². The minimum atomic E-state index is -0.0821. The molecular formula is C17H13N3O. The van der Waals surface area contributed by atoms with Crippen molar-refractivity contribution in [1.29, 1.82) is 5.26 Å². The summed E-state index contributed by atoms with van der Waals surface area (Å²) in [7, 11) is 0. The van der Waals surface area contributed by atoms with Gasteiger partial charge in [-0.1, -0.05) is 6.07 Å². The van der Waals surface area contributed by atoms with E-state index in [1.54, 1.807) is 30.5 Å². The molecule has 21 heavy (non-hydrogen) atoms. The molecule has 2 aromatic carbocycles. The first-order chi connectivity index (χ1) is 10.1. The van der Waals surface area contributed by atoms with E-state index in [0.717, 1.165) is 16.5 Å². The summed E-state index contributed by atoms with van der Waals surface area (Å²) in [6.45, 7) is 1.90. The number of nitrogens with zero attached hydrogens (tertiary/aromatic N) is 1. The van der Waals surface area contributed by atoms with Crippen molar-refractivity contribution >= 4 is 22.4 Å². The van der Waals surface area contributed by atoms with Crippen LogP contribution < -0.4 is 5.73 Å². The molecule has 0 unspecified atom stereocenters. The fraction of sp³-hybridized carbons (Fsp3) is 0.0588. The lowest BCUT2D eigenvalue weighted by Crippen LogP contribution is -2.02. The van der Waals surface area contributed by atoms with Crippen molar-refractivity contribution in [2.75, 3.05) is 5.73 Å². The first-order valence-corrected chi connectivity index (χ1v) is 6.51. The molecule has 0 saturated carbocycles. The molecule has 0 bridgehead atoms. The number of rotatable bonds is 2. The SMILES string of the molecule is Cc1cc(N)cc(C(=O)c2c[nH]c3cc(C#N)ccc23)c1. The standard InChI is InChI=1S/C17H13N3O/c1-10-4-12(7-13(19)5-10)17(21)15-9-20-16-6-11(8-18)2-3-14(15)16/h2-7,9,20H,19H2,1H3. The Bertz CT molecular complexity index is 880. The highest BCUT2D eigenvalue weighted by Crippen LogP contribution is 2.23. The third-order valence-electron chi connectivity index (χ3n) is 3.42. The summed E-state index contributed by atoms with van der Waals surface area (Å²) < 4.78 is 0. The zero-order valence-corrected chi connectivity index (χ0v) is 11.5. The molecule has 102 valence electrons. The first kappa shape index (κ1) is 12.9. The number of aromatic nitrogens is 1. The molecule has 0 atom stereocenters. The summed E-state index contributed by atoms with van der Waals surface area (Å²) in [4.78, 5) is 15.7. The van der Waals surface area contributed by atoms with Crippen LogP contribution in [0.15, 0.2) is 42.6 Å². The molecule has 4 nitrogen and oxygen atoms in total. The van der Waals surface area contributed by atoms with Crippen LogP contribution in [0.2, 0.25) is 0 Å². The molecule has 3 N–H and O–H groups in total. The summed E-state index contributed by atoms with van der Waals surface area (Å²) >= 11 is 0. The Balaban J connectivity index is 2.12. The molecule has 0 amide bonds. The summed E-state index contributed by atoms with van der Waals surface area (Å²) in [6, 6.07) is 12.6. The van der Waals surface area contributed by atoms with Crippen LogP contribution in [0.5, 0.6) is 0 Å². The number of fused-ring (bicyclic) bond motifs is 1. The number of carbonyl (C=O) groups is 1. The molecular weight excluding hydrogens is 262 g/mol. The Morgan fingerprint density at radius 2 is 2.05 bits per heavy atom. The summed E-state index contributed by atoms with van der Waals surface area (Å²) in [5, 5.41) is 9.71. The second-order valence-electron chi connectivity index (χ2n) is 5.04. The van der Waals surface area contributed by atoms with Crippen LogP contribution in [0.3, 0.4) is 0 Å². The zero-order valence-electron chi connectivity index (χ0n) is 11.5. The Morgan fingerprint density at radius 1 is 1.24 bits per heavy atom. The number of benzene rings is 2. The van der Waals surface area contributed by atoms with Crippen LogP contribution >= 0.6 is 0 Å². The number of anilines is 1. The monoisotopic (exact) mass is 275 g/mol. The maximum Gasteiger partial charge on any atom is 0.195 e. The Morgan fingerprint density at radius 3 is 2.76 bits per heavy atom. The molecule has 3 aromatic rings. The Hall–Kier alpha value is -3.06. The summed E-state index contributed by atoms with van der Waals surface area (Å²) in [5.74, 6) is -0.0821. The van der Waals surface area contributed by atoms with E-state index in [-0.39, 0.29) is 5.78 Å². The molecule has 1 aromatic heterocycles. The van der Waals surface area contributed by atoms with Gasteiger partial charge >= 0.3 is 0 Å². The van der Waals surface area contributed by atoms with Crippen molar-refractivity contribution in [3.05, 3.63) is 64.8 Å². The van der Waals surface area contributed by atoms with Gasteiger partial charge in [0.15, 0.2) is 5.78 Å². The van der Waals surface area contributed by atoms with Gasteiger partial charge in [-0.25, -0.2) is 0 Å². The van der Waals surface area contributed by atoms with Gasteiger partial charge in [-0.05, 0) is 42.8 Å². The van der Waals surface area contributed by atoms with E-state index in [1.165, 1.54) is 0 Å². The van der Waals surface area contributed by atoms with Crippen LogP contribution in [0.25, 0.3) is 10.9 Å². The molecule has 0 aliphatic heterocycles. The number of hydrogen-bond acceptors (Lipinski definition) is 3. The molecule has 0 radical (unpaired) electrons. The molecule has 0 aliphatic carbocycles. The molecule has 3 rings (SSSR count). The number of H-pyrrole nitrogens is 1. The average Bonchev–Trinajstić information content (AvgIpc) is 2.88. The van der Waals surface area contributed by atoms with E-state index in [4.69, 9.17) is 11.0 Å². The number of nitrogen functional groups attached to an aromatic ring is 1.